The van der Waals surface area contributed by atoms with Crippen LogP contribution in [0.15, 0.2) is 24.3 Å². The lowest BCUT2D eigenvalue weighted by atomic mass is 10.2. The number of benzene rings is 1. The molecule has 1 saturated carbocycles. The Kier molecular flexibility index (Phi) is 4.02. The molecule has 1 aromatic rings. The SMILES string of the molecule is O=C(O)CN(Cc1ccccc1Cl)CC1CC1. The lowest BCUT2D eigenvalue weighted by Crippen LogP contribution is -2.31. The summed E-state index contributed by atoms with van der Waals surface area (Å²) >= 11 is 6.08. The summed E-state index contributed by atoms with van der Waals surface area (Å²) < 4.78 is 0. The van der Waals surface area contributed by atoms with Gasteiger partial charge < -0.3 is 5.11 Å². The minimum atomic E-state index is -0.780. The maximum absolute atomic E-state index is 10.8. The second-order valence-corrected chi connectivity index (χ2v) is 5.01. The maximum Gasteiger partial charge on any atom is 0.317 e. The van der Waals surface area contributed by atoms with Gasteiger partial charge in [0.05, 0.1) is 6.54 Å². The summed E-state index contributed by atoms with van der Waals surface area (Å²) in [5.74, 6) is -0.102. The zero-order chi connectivity index (χ0) is 12.3. The average molecular weight is 254 g/mol. The van der Waals surface area contributed by atoms with E-state index >= 15 is 0 Å². The molecule has 1 N–H and O–H groups in total. The Hall–Kier alpha value is -1.06. The summed E-state index contributed by atoms with van der Waals surface area (Å²) in [5.41, 5.74) is 0.996. The van der Waals surface area contributed by atoms with Gasteiger partial charge in [-0.15, -0.1) is 0 Å². The maximum atomic E-state index is 10.8. The van der Waals surface area contributed by atoms with E-state index in [4.69, 9.17) is 16.7 Å². The van der Waals surface area contributed by atoms with Gasteiger partial charge in [-0.3, -0.25) is 9.69 Å². The first-order chi connectivity index (χ1) is 8.15. The fraction of sp³-hybridized carbons (Fsp3) is 0.462. The summed E-state index contributed by atoms with van der Waals surface area (Å²) in [5, 5.41) is 9.60. The van der Waals surface area contributed by atoms with Crippen LogP contribution in [0.25, 0.3) is 0 Å². The number of nitrogens with zero attached hydrogens (tertiary/aromatic N) is 1. The van der Waals surface area contributed by atoms with Crippen LogP contribution in [-0.4, -0.2) is 29.1 Å². The van der Waals surface area contributed by atoms with Gasteiger partial charge >= 0.3 is 5.97 Å². The van der Waals surface area contributed by atoms with Crippen LogP contribution in [0.3, 0.4) is 0 Å². The van der Waals surface area contributed by atoms with Crippen molar-refractivity contribution in [3.63, 3.8) is 0 Å². The third-order valence-corrected chi connectivity index (χ3v) is 3.29. The number of carboxylic acids is 1. The molecule has 0 saturated heterocycles. The predicted molar refractivity (Wildman–Crippen MR) is 67.1 cm³/mol. The summed E-state index contributed by atoms with van der Waals surface area (Å²) in [6.45, 7) is 1.56. The van der Waals surface area contributed by atoms with E-state index in [1.165, 1.54) is 12.8 Å². The molecular formula is C13H16ClNO2. The fourth-order valence-corrected chi connectivity index (χ4v) is 2.10. The number of aliphatic carboxylic acids is 1. The van der Waals surface area contributed by atoms with E-state index in [1.54, 1.807) is 0 Å². The van der Waals surface area contributed by atoms with Crippen LogP contribution in [-0.2, 0) is 11.3 Å². The minimum absolute atomic E-state index is 0.0850. The molecular weight excluding hydrogens is 238 g/mol. The zero-order valence-corrected chi connectivity index (χ0v) is 10.4. The molecule has 1 fully saturated rings. The van der Waals surface area contributed by atoms with E-state index in [1.807, 2.05) is 29.2 Å². The van der Waals surface area contributed by atoms with Crippen molar-refractivity contribution < 1.29 is 9.90 Å². The van der Waals surface area contributed by atoms with E-state index in [2.05, 4.69) is 0 Å². The second kappa shape index (κ2) is 5.52. The molecule has 1 aromatic carbocycles. The molecule has 1 aliphatic rings. The van der Waals surface area contributed by atoms with Crippen molar-refractivity contribution in [1.29, 1.82) is 0 Å². The topological polar surface area (TPSA) is 40.5 Å². The van der Waals surface area contributed by atoms with Gasteiger partial charge in [-0.25, -0.2) is 0 Å². The van der Waals surface area contributed by atoms with Gasteiger partial charge in [-0.1, -0.05) is 29.8 Å². The van der Waals surface area contributed by atoms with E-state index in [0.29, 0.717) is 17.5 Å². The lowest BCUT2D eigenvalue weighted by Gasteiger charge is -2.20. The van der Waals surface area contributed by atoms with Gasteiger partial charge in [0.1, 0.15) is 0 Å². The quantitative estimate of drug-likeness (QED) is 0.847. The molecule has 0 heterocycles. The highest BCUT2D eigenvalue weighted by Crippen LogP contribution is 2.30. The van der Waals surface area contributed by atoms with Crippen LogP contribution in [0.1, 0.15) is 18.4 Å². The molecule has 92 valence electrons. The number of hydrogen-bond donors (Lipinski definition) is 1. The van der Waals surface area contributed by atoms with Crippen molar-refractivity contribution in [2.24, 2.45) is 5.92 Å². The molecule has 3 nitrogen and oxygen atoms in total. The van der Waals surface area contributed by atoms with Crippen LogP contribution in [0.5, 0.6) is 0 Å². The monoisotopic (exact) mass is 253 g/mol. The molecule has 0 aliphatic heterocycles. The van der Waals surface area contributed by atoms with E-state index in [-0.39, 0.29) is 6.54 Å². The van der Waals surface area contributed by atoms with Crippen LogP contribution in [0.4, 0.5) is 0 Å². The Morgan fingerprint density at radius 3 is 2.71 bits per heavy atom. The first-order valence-electron chi connectivity index (χ1n) is 5.82. The normalized spacial score (nSPS) is 15.2. The minimum Gasteiger partial charge on any atom is -0.480 e. The summed E-state index contributed by atoms with van der Waals surface area (Å²) in [6, 6.07) is 7.60. The van der Waals surface area contributed by atoms with Crippen molar-refractivity contribution in [3.05, 3.63) is 34.9 Å². The second-order valence-electron chi connectivity index (χ2n) is 4.60. The number of carboxylic acid groups (broad SMARTS) is 1. The van der Waals surface area contributed by atoms with Crippen molar-refractivity contribution in [2.45, 2.75) is 19.4 Å². The molecule has 0 amide bonds. The Labute approximate surface area is 106 Å². The molecule has 0 unspecified atom stereocenters. The van der Waals surface area contributed by atoms with Gasteiger partial charge in [0, 0.05) is 18.1 Å². The molecule has 0 radical (unpaired) electrons. The van der Waals surface area contributed by atoms with Crippen LogP contribution in [0.2, 0.25) is 5.02 Å². The Balaban J connectivity index is 2.00. The summed E-state index contributed by atoms with van der Waals surface area (Å²) in [6.07, 6.45) is 2.44. The van der Waals surface area contributed by atoms with Gasteiger partial charge in [-0.05, 0) is 30.4 Å². The van der Waals surface area contributed by atoms with E-state index < -0.39 is 5.97 Å². The lowest BCUT2D eigenvalue weighted by molar-refractivity contribution is -0.138. The molecule has 1 aliphatic carbocycles. The van der Waals surface area contributed by atoms with Crippen molar-refractivity contribution in [3.8, 4) is 0 Å². The molecule has 0 aromatic heterocycles. The highest BCUT2D eigenvalue weighted by molar-refractivity contribution is 6.31. The zero-order valence-electron chi connectivity index (χ0n) is 9.60. The van der Waals surface area contributed by atoms with Crippen LogP contribution in [0, 0.1) is 5.92 Å². The fourth-order valence-electron chi connectivity index (χ4n) is 1.91. The molecule has 0 bridgehead atoms. The number of hydrogen-bond acceptors (Lipinski definition) is 2. The number of carbonyl (C=O) groups is 1. The first-order valence-corrected chi connectivity index (χ1v) is 6.20. The van der Waals surface area contributed by atoms with Gasteiger partial charge in [0.2, 0.25) is 0 Å². The highest BCUT2D eigenvalue weighted by atomic mass is 35.5. The third-order valence-electron chi connectivity index (χ3n) is 2.92. The van der Waals surface area contributed by atoms with Gasteiger partial charge in [-0.2, -0.15) is 0 Å². The molecule has 17 heavy (non-hydrogen) atoms. The summed E-state index contributed by atoms with van der Waals surface area (Å²) in [4.78, 5) is 12.8. The highest BCUT2D eigenvalue weighted by Gasteiger charge is 2.25. The molecule has 0 atom stereocenters. The van der Waals surface area contributed by atoms with Gasteiger partial charge in [0.25, 0.3) is 0 Å². The van der Waals surface area contributed by atoms with Gasteiger partial charge in [0.15, 0.2) is 0 Å². The van der Waals surface area contributed by atoms with E-state index in [0.717, 1.165) is 12.1 Å². The van der Waals surface area contributed by atoms with Crippen molar-refractivity contribution in [2.75, 3.05) is 13.1 Å². The predicted octanol–water partition coefficient (Wildman–Crippen LogP) is 2.64. The van der Waals surface area contributed by atoms with Crippen molar-refractivity contribution in [1.82, 2.24) is 4.90 Å². The smallest absolute Gasteiger partial charge is 0.317 e. The average Bonchev–Trinajstić information content (AvgIpc) is 3.04. The Morgan fingerprint density at radius 1 is 1.41 bits per heavy atom. The number of halogens is 1. The van der Waals surface area contributed by atoms with Crippen LogP contribution >= 0.6 is 11.6 Å². The Morgan fingerprint density at radius 2 is 2.12 bits per heavy atom. The van der Waals surface area contributed by atoms with E-state index in [9.17, 15) is 4.79 Å². The molecule has 4 heteroatoms. The molecule has 2 rings (SSSR count). The van der Waals surface area contributed by atoms with Crippen LogP contribution < -0.4 is 0 Å². The third kappa shape index (κ3) is 4.02. The van der Waals surface area contributed by atoms with Crippen molar-refractivity contribution >= 4 is 17.6 Å². The largest absolute Gasteiger partial charge is 0.480 e. The standard InChI is InChI=1S/C13H16ClNO2/c14-12-4-2-1-3-11(12)8-15(9-13(16)17)7-10-5-6-10/h1-4,10H,5-9H2,(H,16,17). The summed E-state index contributed by atoms with van der Waals surface area (Å²) in [7, 11) is 0. The first kappa shape index (κ1) is 12.4. The Bertz CT molecular complexity index is 404. The number of rotatable bonds is 6. The molecule has 0 spiro atoms.